The van der Waals surface area contributed by atoms with E-state index in [1.807, 2.05) is 12.1 Å². The SMILES string of the molecule is C(=C\c1ccccc1)/CN1CCN(CCOCCc2ccc3occc3c2)CC1. The van der Waals surface area contributed by atoms with Crippen LogP contribution in [-0.2, 0) is 11.2 Å². The quantitative estimate of drug-likeness (QED) is 0.509. The van der Waals surface area contributed by atoms with Crippen molar-refractivity contribution >= 4 is 17.0 Å². The number of rotatable bonds is 9. The number of nitrogens with zero attached hydrogens (tertiary/aromatic N) is 2. The molecule has 1 aliphatic rings. The second kappa shape index (κ2) is 10.4. The fourth-order valence-corrected chi connectivity index (χ4v) is 3.75. The third-order valence-corrected chi connectivity index (χ3v) is 5.54. The molecule has 0 spiro atoms. The Balaban J connectivity index is 1.08. The molecule has 2 aromatic carbocycles. The molecular formula is C25H30N2O2. The summed E-state index contributed by atoms with van der Waals surface area (Å²) in [5, 5.41) is 1.17. The zero-order valence-corrected chi connectivity index (χ0v) is 17.0. The molecule has 0 aliphatic carbocycles. The zero-order chi connectivity index (χ0) is 19.7. The monoisotopic (exact) mass is 390 g/mol. The molecule has 4 heteroatoms. The molecular weight excluding hydrogens is 360 g/mol. The highest BCUT2D eigenvalue weighted by molar-refractivity contribution is 5.77. The Morgan fingerprint density at radius 1 is 0.897 bits per heavy atom. The number of benzene rings is 2. The summed E-state index contributed by atoms with van der Waals surface area (Å²) in [4.78, 5) is 5.03. The van der Waals surface area contributed by atoms with Crippen molar-refractivity contribution in [3.05, 3.63) is 78.1 Å². The Hall–Kier alpha value is -2.40. The van der Waals surface area contributed by atoms with Gasteiger partial charge in [-0.15, -0.1) is 0 Å². The van der Waals surface area contributed by atoms with Crippen LogP contribution in [0.3, 0.4) is 0 Å². The van der Waals surface area contributed by atoms with E-state index in [0.717, 1.165) is 64.5 Å². The van der Waals surface area contributed by atoms with Crippen molar-refractivity contribution in [2.45, 2.75) is 6.42 Å². The molecule has 1 aromatic heterocycles. The molecule has 2 heterocycles. The summed E-state index contributed by atoms with van der Waals surface area (Å²) in [6.07, 6.45) is 7.17. The van der Waals surface area contributed by atoms with Crippen LogP contribution in [0.2, 0.25) is 0 Å². The van der Waals surface area contributed by atoms with E-state index < -0.39 is 0 Å². The highest BCUT2D eigenvalue weighted by atomic mass is 16.5. The molecule has 0 atom stereocenters. The van der Waals surface area contributed by atoms with Gasteiger partial charge < -0.3 is 9.15 Å². The van der Waals surface area contributed by atoms with Gasteiger partial charge in [0, 0.05) is 44.7 Å². The molecule has 1 fully saturated rings. The molecule has 3 aromatic rings. The molecule has 4 rings (SSSR count). The number of fused-ring (bicyclic) bond motifs is 1. The van der Waals surface area contributed by atoms with Gasteiger partial charge >= 0.3 is 0 Å². The molecule has 0 N–H and O–H groups in total. The molecule has 0 radical (unpaired) electrons. The molecule has 29 heavy (non-hydrogen) atoms. The minimum atomic E-state index is 0.771. The van der Waals surface area contributed by atoms with Gasteiger partial charge in [-0.1, -0.05) is 48.6 Å². The van der Waals surface area contributed by atoms with E-state index in [0.29, 0.717) is 0 Å². The van der Waals surface area contributed by atoms with Gasteiger partial charge in [-0.2, -0.15) is 0 Å². The Morgan fingerprint density at radius 3 is 2.59 bits per heavy atom. The molecule has 4 nitrogen and oxygen atoms in total. The fourth-order valence-electron chi connectivity index (χ4n) is 3.75. The largest absolute Gasteiger partial charge is 0.464 e. The Bertz CT molecular complexity index is 895. The van der Waals surface area contributed by atoms with Gasteiger partial charge in [0.1, 0.15) is 5.58 Å². The summed E-state index contributed by atoms with van der Waals surface area (Å²) in [6, 6.07) is 18.9. The molecule has 0 bridgehead atoms. The second-order valence-electron chi connectivity index (χ2n) is 7.61. The fraction of sp³-hybridized carbons (Fsp3) is 0.360. The Labute approximate surface area is 173 Å². The van der Waals surface area contributed by atoms with Crippen molar-refractivity contribution in [2.75, 3.05) is 52.5 Å². The molecule has 0 unspecified atom stereocenters. The van der Waals surface area contributed by atoms with Crippen LogP contribution in [-0.4, -0.2) is 62.3 Å². The van der Waals surface area contributed by atoms with Gasteiger partial charge in [0.25, 0.3) is 0 Å². The van der Waals surface area contributed by atoms with Gasteiger partial charge in [-0.25, -0.2) is 0 Å². The maximum atomic E-state index is 5.88. The van der Waals surface area contributed by atoms with Crippen LogP contribution in [0.1, 0.15) is 11.1 Å². The van der Waals surface area contributed by atoms with E-state index in [9.17, 15) is 0 Å². The lowest BCUT2D eigenvalue weighted by molar-refractivity contribution is 0.0800. The topological polar surface area (TPSA) is 28.9 Å². The van der Waals surface area contributed by atoms with E-state index in [2.05, 4.69) is 64.4 Å². The van der Waals surface area contributed by atoms with Gasteiger partial charge in [0.05, 0.1) is 19.5 Å². The standard InChI is InChI=1S/C25H30N2O2/c1-2-5-22(6-3-1)7-4-12-26-13-15-27(16-14-26)17-20-28-18-10-23-8-9-25-24(21-23)11-19-29-25/h1-9,11,19,21H,10,12-18,20H2/b7-4+. The van der Waals surface area contributed by atoms with Gasteiger partial charge in [-0.3, -0.25) is 9.80 Å². The summed E-state index contributed by atoms with van der Waals surface area (Å²) >= 11 is 0. The highest BCUT2D eigenvalue weighted by Crippen LogP contribution is 2.17. The van der Waals surface area contributed by atoms with Crippen molar-refractivity contribution in [3.63, 3.8) is 0 Å². The first-order chi connectivity index (χ1) is 14.4. The predicted molar refractivity (Wildman–Crippen MR) is 119 cm³/mol. The van der Waals surface area contributed by atoms with Crippen LogP contribution >= 0.6 is 0 Å². The average molecular weight is 391 g/mol. The lowest BCUT2D eigenvalue weighted by atomic mass is 10.1. The first-order valence-electron chi connectivity index (χ1n) is 10.6. The number of furan rings is 1. The van der Waals surface area contributed by atoms with E-state index in [-0.39, 0.29) is 0 Å². The maximum absolute atomic E-state index is 5.88. The molecule has 1 saturated heterocycles. The first kappa shape index (κ1) is 19.9. The van der Waals surface area contributed by atoms with Crippen molar-refractivity contribution in [2.24, 2.45) is 0 Å². The number of hydrogen-bond donors (Lipinski definition) is 0. The van der Waals surface area contributed by atoms with E-state index in [1.54, 1.807) is 6.26 Å². The number of piperazine rings is 1. The normalized spacial score (nSPS) is 16.1. The van der Waals surface area contributed by atoms with Gasteiger partial charge in [0.2, 0.25) is 0 Å². The summed E-state index contributed by atoms with van der Waals surface area (Å²) < 4.78 is 11.3. The smallest absolute Gasteiger partial charge is 0.133 e. The minimum Gasteiger partial charge on any atom is -0.464 e. The highest BCUT2D eigenvalue weighted by Gasteiger charge is 2.15. The van der Waals surface area contributed by atoms with E-state index in [1.165, 1.54) is 16.5 Å². The predicted octanol–water partition coefficient (Wildman–Crippen LogP) is 4.32. The number of hydrogen-bond acceptors (Lipinski definition) is 4. The van der Waals surface area contributed by atoms with Gasteiger partial charge in [0.15, 0.2) is 0 Å². The third kappa shape index (κ3) is 6.04. The van der Waals surface area contributed by atoms with E-state index >= 15 is 0 Å². The van der Waals surface area contributed by atoms with Crippen LogP contribution in [0.5, 0.6) is 0 Å². The summed E-state index contributed by atoms with van der Waals surface area (Å²) in [5.74, 6) is 0. The lowest BCUT2D eigenvalue weighted by Crippen LogP contribution is -2.47. The maximum Gasteiger partial charge on any atom is 0.133 e. The first-order valence-corrected chi connectivity index (χ1v) is 10.6. The molecule has 0 amide bonds. The van der Waals surface area contributed by atoms with Crippen LogP contribution in [0.25, 0.3) is 17.0 Å². The summed E-state index contributed by atoms with van der Waals surface area (Å²) in [7, 11) is 0. The van der Waals surface area contributed by atoms with Crippen LogP contribution in [0.15, 0.2) is 71.4 Å². The van der Waals surface area contributed by atoms with Gasteiger partial charge in [-0.05, 0) is 35.7 Å². The number of ether oxygens (including phenoxy) is 1. The van der Waals surface area contributed by atoms with Crippen molar-refractivity contribution in [1.29, 1.82) is 0 Å². The zero-order valence-electron chi connectivity index (χ0n) is 17.0. The Morgan fingerprint density at radius 2 is 1.72 bits per heavy atom. The van der Waals surface area contributed by atoms with Crippen molar-refractivity contribution in [3.8, 4) is 0 Å². The summed E-state index contributed by atoms with van der Waals surface area (Å²) in [5.41, 5.74) is 3.52. The molecule has 1 aliphatic heterocycles. The summed E-state index contributed by atoms with van der Waals surface area (Å²) in [6.45, 7) is 8.14. The van der Waals surface area contributed by atoms with Crippen LogP contribution in [0.4, 0.5) is 0 Å². The lowest BCUT2D eigenvalue weighted by Gasteiger charge is -2.34. The van der Waals surface area contributed by atoms with Crippen LogP contribution < -0.4 is 0 Å². The molecule has 0 saturated carbocycles. The van der Waals surface area contributed by atoms with Crippen LogP contribution in [0, 0.1) is 0 Å². The third-order valence-electron chi connectivity index (χ3n) is 5.54. The van der Waals surface area contributed by atoms with E-state index in [4.69, 9.17) is 9.15 Å². The Kier molecular flexibility index (Phi) is 7.13. The van der Waals surface area contributed by atoms with Crippen molar-refractivity contribution < 1.29 is 9.15 Å². The van der Waals surface area contributed by atoms with Crippen molar-refractivity contribution in [1.82, 2.24) is 9.80 Å². The molecule has 152 valence electrons. The minimum absolute atomic E-state index is 0.771. The second-order valence-corrected chi connectivity index (χ2v) is 7.61. The average Bonchev–Trinajstić information content (AvgIpc) is 3.23.